The van der Waals surface area contributed by atoms with Crippen LogP contribution in [0, 0.1) is 5.92 Å². The Morgan fingerprint density at radius 2 is 1.96 bits per heavy atom. The number of carbonyl (C=O) groups is 3. The van der Waals surface area contributed by atoms with Crippen LogP contribution in [-0.2, 0) is 9.59 Å². The summed E-state index contributed by atoms with van der Waals surface area (Å²) in [5.41, 5.74) is 1.86. The fourth-order valence-electron chi connectivity index (χ4n) is 3.75. The van der Waals surface area contributed by atoms with E-state index in [9.17, 15) is 14.4 Å². The summed E-state index contributed by atoms with van der Waals surface area (Å²) in [6, 6.07) is 7.14. The van der Waals surface area contributed by atoms with E-state index in [0.717, 1.165) is 24.5 Å². The van der Waals surface area contributed by atoms with E-state index in [-0.39, 0.29) is 30.9 Å². The Morgan fingerprint density at radius 3 is 2.64 bits per heavy atom. The minimum absolute atomic E-state index is 0.149. The minimum Gasteiger partial charge on any atom is -0.481 e. The van der Waals surface area contributed by atoms with Crippen molar-refractivity contribution in [1.82, 2.24) is 10.2 Å². The highest BCUT2D eigenvalue weighted by molar-refractivity contribution is 5.92. The Kier molecular flexibility index (Phi) is 6.38. The van der Waals surface area contributed by atoms with Crippen molar-refractivity contribution in [3.63, 3.8) is 0 Å². The Balaban J connectivity index is 1.46. The van der Waals surface area contributed by atoms with E-state index >= 15 is 0 Å². The number of urea groups is 1. The lowest BCUT2D eigenvalue weighted by atomic mass is 10.1. The van der Waals surface area contributed by atoms with Gasteiger partial charge in [-0.15, -0.1) is 0 Å². The predicted molar refractivity (Wildman–Crippen MR) is 106 cm³/mol. The van der Waals surface area contributed by atoms with Gasteiger partial charge in [-0.3, -0.25) is 9.59 Å². The average Bonchev–Trinajstić information content (AvgIpc) is 3.34. The van der Waals surface area contributed by atoms with Crippen LogP contribution in [-0.4, -0.2) is 60.1 Å². The molecule has 2 unspecified atom stereocenters. The third kappa shape index (κ3) is 5.15. The molecule has 152 valence electrons. The molecule has 2 fully saturated rings. The normalized spacial score (nSPS) is 20.1. The maximum absolute atomic E-state index is 12.3. The van der Waals surface area contributed by atoms with Crippen molar-refractivity contribution in [3.05, 3.63) is 24.3 Å². The van der Waals surface area contributed by atoms with Gasteiger partial charge in [-0.05, 0) is 44.4 Å². The van der Waals surface area contributed by atoms with Crippen molar-refractivity contribution in [2.75, 3.05) is 36.4 Å². The van der Waals surface area contributed by atoms with Crippen LogP contribution in [0.5, 0.6) is 0 Å². The second-order valence-corrected chi connectivity index (χ2v) is 7.62. The van der Waals surface area contributed by atoms with Gasteiger partial charge in [0.2, 0.25) is 5.91 Å². The summed E-state index contributed by atoms with van der Waals surface area (Å²) in [6.07, 6.45) is 3.00. The lowest BCUT2D eigenvalue weighted by molar-refractivity contribution is -0.141. The van der Waals surface area contributed by atoms with Crippen molar-refractivity contribution >= 4 is 29.3 Å². The third-order valence-corrected chi connectivity index (χ3v) is 5.29. The Hall–Kier alpha value is -2.77. The molecule has 0 saturated carbocycles. The van der Waals surface area contributed by atoms with Gasteiger partial charge in [0.1, 0.15) is 0 Å². The molecule has 2 aliphatic rings. The fourth-order valence-corrected chi connectivity index (χ4v) is 3.75. The summed E-state index contributed by atoms with van der Waals surface area (Å²) in [6.45, 7) is 4.48. The number of hydrogen-bond donors (Lipinski definition) is 3. The van der Waals surface area contributed by atoms with Crippen LogP contribution in [0.1, 0.15) is 32.6 Å². The number of likely N-dealkylation sites (tertiary alicyclic amines) is 1. The van der Waals surface area contributed by atoms with Crippen LogP contribution in [0.4, 0.5) is 16.2 Å². The number of hydrogen-bond acceptors (Lipinski definition) is 4. The maximum Gasteiger partial charge on any atom is 0.317 e. The van der Waals surface area contributed by atoms with Crippen molar-refractivity contribution in [2.45, 2.75) is 38.6 Å². The van der Waals surface area contributed by atoms with Gasteiger partial charge in [-0.1, -0.05) is 6.07 Å². The highest BCUT2D eigenvalue weighted by Gasteiger charge is 2.31. The maximum atomic E-state index is 12.3. The molecule has 1 aromatic rings. The summed E-state index contributed by atoms with van der Waals surface area (Å²) in [5.74, 6) is -1.55. The van der Waals surface area contributed by atoms with E-state index in [0.29, 0.717) is 13.0 Å². The minimum atomic E-state index is -0.876. The van der Waals surface area contributed by atoms with E-state index in [1.165, 1.54) is 17.7 Å². The van der Waals surface area contributed by atoms with E-state index in [1.54, 1.807) is 6.92 Å². The van der Waals surface area contributed by atoms with Crippen LogP contribution in [0.25, 0.3) is 0 Å². The summed E-state index contributed by atoms with van der Waals surface area (Å²) >= 11 is 0. The van der Waals surface area contributed by atoms with E-state index in [4.69, 9.17) is 5.11 Å². The third-order valence-electron chi connectivity index (χ3n) is 5.29. The Labute approximate surface area is 164 Å². The number of carbonyl (C=O) groups excluding carboxylic acids is 2. The summed E-state index contributed by atoms with van der Waals surface area (Å²) in [5, 5.41) is 14.7. The number of nitrogens with one attached hydrogen (secondary N) is 2. The molecule has 0 radical (unpaired) electrons. The van der Waals surface area contributed by atoms with Gasteiger partial charge >= 0.3 is 12.0 Å². The zero-order chi connectivity index (χ0) is 20.1. The number of benzene rings is 1. The van der Waals surface area contributed by atoms with Crippen molar-refractivity contribution < 1.29 is 19.5 Å². The Morgan fingerprint density at radius 1 is 1.21 bits per heavy atom. The summed E-state index contributed by atoms with van der Waals surface area (Å²) in [4.78, 5) is 39.4. The SMILES string of the molecule is CC(CC(=O)Nc1cccc(N2CCCC2)c1)NC(=O)N1CCC(C(=O)O)C1. The van der Waals surface area contributed by atoms with Crippen molar-refractivity contribution in [2.24, 2.45) is 5.92 Å². The highest BCUT2D eigenvalue weighted by atomic mass is 16.4. The van der Waals surface area contributed by atoms with Crippen LogP contribution in [0.15, 0.2) is 24.3 Å². The number of nitrogens with zero attached hydrogens (tertiary/aromatic N) is 2. The molecule has 3 amide bonds. The average molecular weight is 388 g/mol. The van der Waals surface area contributed by atoms with Gasteiger partial charge in [0.05, 0.1) is 5.92 Å². The number of carboxylic acids is 1. The monoisotopic (exact) mass is 388 g/mol. The van der Waals surface area contributed by atoms with Gasteiger partial charge in [-0.2, -0.15) is 0 Å². The quantitative estimate of drug-likeness (QED) is 0.693. The first-order valence-corrected chi connectivity index (χ1v) is 9.85. The van der Waals surface area contributed by atoms with Crippen LogP contribution in [0.3, 0.4) is 0 Å². The summed E-state index contributed by atoms with van der Waals surface area (Å²) in [7, 11) is 0. The molecular formula is C20H28N4O4. The molecule has 0 spiro atoms. The van der Waals surface area contributed by atoms with Crippen LogP contribution < -0.4 is 15.5 Å². The lowest BCUT2D eigenvalue weighted by Gasteiger charge is -2.21. The van der Waals surface area contributed by atoms with Gasteiger partial charge < -0.3 is 25.5 Å². The second kappa shape index (κ2) is 8.95. The van der Waals surface area contributed by atoms with Crippen molar-refractivity contribution in [3.8, 4) is 0 Å². The molecule has 0 aromatic heterocycles. The second-order valence-electron chi connectivity index (χ2n) is 7.62. The predicted octanol–water partition coefficient (Wildman–Crippen LogP) is 2.12. The number of aliphatic carboxylic acids is 1. The van der Waals surface area contributed by atoms with Gasteiger partial charge in [0.15, 0.2) is 0 Å². The molecule has 28 heavy (non-hydrogen) atoms. The molecule has 2 aliphatic heterocycles. The first-order chi connectivity index (χ1) is 13.4. The Bertz CT molecular complexity index is 733. The van der Waals surface area contributed by atoms with Crippen LogP contribution in [0.2, 0.25) is 0 Å². The molecule has 1 aromatic carbocycles. The molecule has 8 heteroatoms. The van der Waals surface area contributed by atoms with Crippen molar-refractivity contribution in [1.29, 1.82) is 0 Å². The number of rotatable bonds is 6. The van der Waals surface area contributed by atoms with Gasteiger partial charge in [0, 0.05) is 50.0 Å². The molecule has 2 heterocycles. The molecule has 2 atom stereocenters. The van der Waals surface area contributed by atoms with E-state index in [2.05, 4.69) is 15.5 Å². The lowest BCUT2D eigenvalue weighted by Crippen LogP contribution is -2.44. The van der Waals surface area contributed by atoms with Gasteiger partial charge in [-0.25, -0.2) is 4.79 Å². The first kappa shape index (κ1) is 20.0. The topological polar surface area (TPSA) is 102 Å². The number of amides is 3. The molecule has 3 N–H and O–H groups in total. The molecule has 0 bridgehead atoms. The van der Waals surface area contributed by atoms with E-state index < -0.39 is 11.9 Å². The number of carboxylic acid groups (broad SMARTS) is 1. The number of anilines is 2. The fraction of sp³-hybridized carbons (Fsp3) is 0.550. The van der Waals surface area contributed by atoms with Crippen LogP contribution >= 0.6 is 0 Å². The highest BCUT2D eigenvalue weighted by Crippen LogP contribution is 2.23. The first-order valence-electron chi connectivity index (χ1n) is 9.85. The standard InChI is InChI=1S/C20H28N4O4/c1-14(21-20(28)24-10-7-15(13-24)19(26)27)11-18(25)22-16-5-4-6-17(12-16)23-8-2-3-9-23/h4-6,12,14-15H,2-3,7-11,13H2,1H3,(H,21,28)(H,22,25)(H,26,27). The summed E-state index contributed by atoms with van der Waals surface area (Å²) < 4.78 is 0. The molecule has 0 aliphatic carbocycles. The molecule has 8 nitrogen and oxygen atoms in total. The largest absolute Gasteiger partial charge is 0.481 e. The van der Waals surface area contributed by atoms with Gasteiger partial charge in [0.25, 0.3) is 0 Å². The molecular weight excluding hydrogens is 360 g/mol. The molecule has 2 saturated heterocycles. The zero-order valence-electron chi connectivity index (χ0n) is 16.2. The smallest absolute Gasteiger partial charge is 0.317 e. The molecule has 3 rings (SSSR count). The van der Waals surface area contributed by atoms with E-state index in [1.807, 2.05) is 24.3 Å². The zero-order valence-corrected chi connectivity index (χ0v) is 16.2.